The Hall–Kier alpha value is -2.94. The van der Waals surface area contributed by atoms with Crippen LogP contribution >= 0.6 is 11.8 Å². The van der Waals surface area contributed by atoms with Crippen molar-refractivity contribution in [3.8, 4) is 0 Å². The molecular formula is C17H17N5O3S. The predicted molar refractivity (Wildman–Crippen MR) is 101 cm³/mol. The summed E-state index contributed by atoms with van der Waals surface area (Å²) in [7, 11) is 0. The summed E-state index contributed by atoms with van der Waals surface area (Å²) in [5.74, 6) is 0.335. The Bertz CT molecular complexity index is 886. The average molecular weight is 371 g/mol. The van der Waals surface area contributed by atoms with E-state index >= 15 is 0 Å². The number of nitro groups is 1. The van der Waals surface area contributed by atoms with Gasteiger partial charge in [-0.25, -0.2) is 9.97 Å². The number of likely N-dealkylation sites (N-methyl/N-ethyl adjacent to an activating group) is 1. The van der Waals surface area contributed by atoms with Crippen LogP contribution in [0.2, 0.25) is 0 Å². The van der Waals surface area contributed by atoms with Crippen LogP contribution in [-0.4, -0.2) is 38.0 Å². The molecule has 1 unspecified atom stereocenters. The predicted octanol–water partition coefficient (Wildman–Crippen LogP) is 3.41. The number of hydrogen-bond donors (Lipinski definition) is 1. The van der Waals surface area contributed by atoms with Gasteiger partial charge in [-0.05, 0) is 26.0 Å². The van der Waals surface area contributed by atoms with E-state index in [2.05, 4.69) is 15.3 Å². The van der Waals surface area contributed by atoms with E-state index in [1.165, 1.54) is 23.9 Å². The number of carbonyl (C=O) groups is 1. The molecule has 0 amide bonds. The zero-order valence-corrected chi connectivity index (χ0v) is 15.1. The molecule has 0 saturated heterocycles. The van der Waals surface area contributed by atoms with Crippen LogP contribution in [0.15, 0.2) is 42.2 Å². The number of nitrogens with one attached hydrogen (secondary N) is 1. The Morgan fingerprint density at radius 2 is 2.23 bits per heavy atom. The third-order valence-electron chi connectivity index (χ3n) is 3.96. The summed E-state index contributed by atoms with van der Waals surface area (Å²) in [4.78, 5) is 33.4. The van der Waals surface area contributed by atoms with Gasteiger partial charge in [-0.3, -0.25) is 10.1 Å². The van der Waals surface area contributed by atoms with E-state index in [0.29, 0.717) is 17.3 Å². The number of nitrogens with zero attached hydrogens (tertiary/aromatic N) is 4. The van der Waals surface area contributed by atoms with E-state index in [1.54, 1.807) is 24.4 Å². The Balaban J connectivity index is 1.87. The third kappa shape index (κ3) is 3.52. The molecule has 0 spiro atoms. The Morgan fingerprint density at radius 1 is 1.42 bits per heavy atom. The molecule has 134 valence electrons. The highest BCUT2D eigenvalue weighted by atomic mass is 32.2. The molecule has 0 radical (unpaired) electrons. The monoisotopic (exact) mass is 371 g/mol. The van der Waals surface area contributed by atoms with E-state index in [1.807, 2.05) is 18.7 Å². The quantitative estimate of drug-likeness (QED) is 0.468. The van der Waals surface area contributed by atoms with Crippen molar-refractivity contribution in [3.05, 3.63) is 58.0 Å². The lowest BCUT2D eigenvalue weighted by atomic mass is 10.3. The second-order valence-electron chi connectivity index (χ2n) is 5.54. The lowest BCUT2D eigenvalue weighted by molar-refractivity contribution is -0.384. The number of benzene rings is 1. The van der Waals surface area contributed by atoms with Crippen LogP contribution in [0.1, 0.15) is 19.5 Å². The standard InChI is InChI=1S/C17H17N5O3S/c1-3-21-11(2)16(26-15(21)10-23)14-7-8-18-17(20-14)19-12-5-4-6-13(9-12)22(24)25/h4-10,15H,3H2,1-2H3,(H,18,19,20). The van der Waals surface area contributed by atoms with Crippen LogP contribution in [0.5, 0.6) is 0 Å². The van der Waals surface area contributed by atoms with E-state index < -0.39 is 4.92 Å². The molecule has 1 N–H and O–H groups in total. The molecule has 8 nitrogen and oxygen atoms in total. The topological polar surface area (TPSA) is 101 Å². The molecule has 2 aromatic rings. The number of non-ortho nitro benzene ring substituents is 1. The molecule has 3 rings (SSSR count). The Kier molecular flexibility index (Phi) is 5.17. The zero-order valence-electron chi connectivity index (χ0n) is 14.2. The molecule has 0 aliphatic carbocycles. The first-order chi connectivity index (χ1) is 12.5. The molecule has 1 aliphatic heterocycles. The van der Waals surface area contributed by atoms with Crippen molar-refractivity contribution in [2.75, 3.05) is 11.9 Å². The maximum atomic E-state index is 11.3. The lowest BCUT2D eigenvalue weighted by Crippen LogP contribution is -2.28. The number of nitro benzene ring substituents is 1. The van der Waals surface area contributed by atoms with Gasteiger partial charge in [-0.1, -0.05) is 17.8 Å². The molecule has 1 atom stereocenters. The number of aldehydes is 1. The SMILES string of the molecule is CCN1C(C)=C(c2ccnc(Nc3cccc([N+](=O)[O-])c3)n2)SC1C=O. The van der Waals surface area contributed by atoms with Crippen LogP contribution in [0.25, 0.3) is 4.91 Å². The molecular weight excluding hydrogens is 354 g/mol. The highest BCUT2D eigenvalue weighted by Gasteiger charge is 2.30. The molecule has 0 fully saturated rings. The van der Waals surface area contributed by atoms with Gasteiger partial charge >= 0.3 is 0 Å². The number of hydrogen-bond acceptors (Lipinski definition) is 8. The van der Waals surface area contributed by atoms with Gasteiger partial charge in [0.05, 0.1) is 15.5 Å². The number of rotatable bonds is 6. The van der Waals surface area contributed by atoms with E-state index in [-0.39, 0.29) is 11.1 Å². The average Bonchev–Trinajstić information content (AvgIpc) is 2.97. The van der Waals surface area contributed by atoms with Gasteiger partial charge in [0.15, 0.2) is 6.29 Å². The molecule has 1 aromatic carbocycles. The summed E-state index contributed by atoms with van der Waals surface area (Å²) < 4.78 is 0. The van der Waals surface area contributed by atoms with Gasteiger partial charge in [0, 0.05) is 36.3 Å². The minimum absolute atomic E-state index is 0.0107. The van der Waals surface area contributed by atoms with Gasteiger partial charge in [0.1, 0.15) is 5.37 Å². The van der Waals surface area contributed by atoms with Crippen molar-refractivity contribution in [1.29, 1.82) is 0 Å². The van der Waals surface area contributed by atoms with Gasteiger partial charge < -0.3 is 15.0 Å². The van der Waals surface area contributed by atoms with Crippen molar-refractivity contribution in [2.45, 2.75) is 19.2 Å². The second kappa shape index (κ2) is 7.52. The fourth-order valence-corrected chi connectivity index (χ4v) is 3.98. The summed E-state index contributed by atoms with van der Waals surface area (Å²) in [6.45, 7) is 4.69. The molecule has 9 heteroatoms. The number of aromatic nitrogens is 2. The summed E-state index contributed by atoms with van der Waals surface area (Å²) >= 11 is 1.46. The summed E-state index contributed by atoms with van der Waals surface area (Å²) in [5, 5.41) is 13.6. The van der Waals surface area contributed by atoms with Gasteiger partial charge in [-0.15, -0.1) is 0 Å². The fourth-order valence-electron chi connectivity index (χ4n) is 2.73. The molecule has 2 heterocycles. The lowest BCUT2D eigenvalue weighted by Gasteiger charge is -2.21. The van der Waals surface area contributed by atoms with E-state index in [9.17, 15) is 14.9 Å². The fraction of sp³-hybridized carbons (Fsp3) is 0.235. The maximum absolute atomic E-state index is 11.3. The molecule has 1 aliphatic rings. The minimum atomic E-state index is -0.454. The zero-order chi connectivity index (χ0) is 18.7. The smallest absolute Gasteiger partial charge is 0.271 e. The number of thioether (sulfide) groups is 1. The molecule has 1 aromatic heterocycles. The van der Waals surface area contributed by atoms with Gasteiger partial charge in [-0.2, -0.15) is 0 Å². The molecule has 0 bridgehead atoms. The Morgan fingerprint density at radius 3 is 2.88 bits per heavy atom. The van der Waals surface area contributed by atoms with E-state index in [0.717, 1.165) is 23.4 Å². The van der Waals surface area contributed by atoms with Crippen LogP contribution in [0.3, 0.4) is 0 Å². The number of allylic oxidation sites excluding steroid dienone is 1. The largest absolute Gasteiger partial charge is 0.356 e. The van der Waals surface area contributed by atoms with Crippen molar-refractivity contribution in [3.63, 3.8) is 0 Å². The van der Waals surface area contributed by atoms with Crippen molar-refractivity contribution >= 4 is 40.3 Å². The molecule has 0 saturated carbocycles. The first-order valence-electron chi connectivity index (χ1n) is 7.98. The van der Waals surface area contributed by atoms with E-state index in [4.69, 9.17) is 0 Å². The van der Waals surface area contributed by atoms with Crippen LogP contribution in [0, 0.1) is 10.1 Å². The minimum Gasteiger partial charge on any atom is -0.356 e. The molecule has 26 heavy (non-hydrogen) atoms. The van der Waals surface area contributed by atoms with Crippen molar-refractivity contribution in [1.82, 2.24) is 14.9 Å². The summed E-state index contributed by atoms with van der Waals surface area (Å²) in [6, 6.07) is 7.93. The van der Waals surface area contributed by atoms with Crippen LogP contribution in [-0.2, 0) is 4.79 Å². The highest BCUT2D eigenvalue weighted by Crippen LogP contribution is 2.42. The highest BCUT2D eigenvalue weighted by molar-refractivity contribution is 8.09. The van der Waals surface area contributed by atoms with Gasteiger partial charge in [0.2, 0.25) is 5.95 Å². The maximum Gasteiger partial charge on any atom is 0.271 e. The number of anilines is 2. The van der Waals surface area contributed by atoms with Crippen LogP contribution in [0.4, 0.5) is 17.3 Å². The first-order valence-corrected chi connectivity index (χ1v) is 8.85. The Labute approximate surface area is 154 Å². The normalized spacial score (nSPS) is 16.7. The second-order valence-corrected chi connectivity index (χ2v) is 6.67. The third-order valence-corrected chi connectivity index (χ3v) is 5.31. The van der Waals surface area contributed by atoms with Gasteiger partial charge in [0.25, 0.3) is 5.69 Å². The summed E-state index contributed by atoms with van der Waals surface area (Å²) in [5.41, 5.74) is 2.22. The summed E-state index contributed by atoms with van der Waals surface area (Å²) in [6.07, 6.45) is 2.54. The number of carbonyl (C=O) groups excluding carboxylic acids is 1. The van der Waals surface area contributed by atoms with Crippen molar-refractivity contribution in [2.24, 2.45) is 0 Å². The first kappa shape index (κ1) is 17.9. The van der Waals surface area contributed by atoms with Crippen LogP contribution < -0.4 is 5.32 Å². The van der Waals surface area contributed by atoms with Crippen molar-refractivity contribution < 1.29 is 9.72 Å².